The Bertz CT molecular complexity index is 343. The standard InChI is InChI=1S/C13H29N3O2S/c1-13(2,3)5-12-19(17,18)15-6-4-9-16-10-7-14-8-11-16/h14-15H,4-12H2,1-3H3. The molecule has 1 rings (SSSR count). The molecule has 19 heavy (non-hydrogen) atoms. The quantitative estimate of drug-likeness (QED) is 0.676. The second kappa shape index (κ2) is 7.57. The highest BCUT2D eigenvalue weighted by molar-refractivity contribution is 7.89. The van der Waals surface area contributed by atoms with E-state index in [9.17, 15) is 8.42 Å². The van der Waals surface area contributed by atoms with Gasteiger partial charge >= 0.3 is 0 Å². The Kier molecular flexibility index (Phi) is 6.73. The van der Waals surface area contributed by atoms with Gasteiger partial charge in [-0.2, -0.15) is 0 Å². The summed E-state index contributed by atoms with van der Waals surface area (Å²) in [5.74, 6) is 0.226. The van der Waals surface area contributed by atoms with Gasteiger partial charge in [-0.05, 0) is 24.8 Å². The van der Waals surface area contributed by atoms with E-state index in [1.807, 2.05) is 0 Å². The minimum atomic E-state index is -3.10. The molecule has 6 heteroatoms. The first-order valence-corrected chi connectivity index (χ1v) is 8.84. The Morgan fingerprint density at radius 3 is 2.42 bits per heavy atom. The van der Waals surface area contributed by atoms with Crippen LogP contribution in [0.25, 0.3) is 0 Å². The van der Waals surface area contributed by atoms with Crippen LogP contribution in [0.1, 0.15) is 33.6 Å². The number of piperazine rings is 1. The lowest BCUT2D eigenvalue weighted by atomic mass is 9.94. The predicted molar refractivity (Wildman–Crippen MR) is 79.8 cm³/mol. The van der Waals surface area contributed by atoms with E-state index < -0.39 is 10.0 Å². The van der Waals surface area contributed by atoms with Crippen molar-refractivity contribution in [2.45, 2.75) is 33.6 Å². The van der Waals surface area contributed by atoms with Crippen molar-refractivity contribution >= 4 is 10.0 Å². The van der Waals surface area contributed by atoms with Crippen molar-refractivity contribution in [2.24, 2.45) is 5.41 Å². The molecule has 0 bridgehead atoms. The van der Waals surface area contributed by atoms with Crippen molar-refractivity contribution in [3.8, 4) is 0 Å². The molecule has 0 saturated carbocycles. The summed E-state index contributed by atoms with van der Waals surface area (Å²) < 4.78 is 26.3. The Hall–Kier alpha value is -0.170. The third kappa shape index (κ3) is 8.57. The van der Waals surface area contributed by atoms with Gasteiger partial charge in [-0.1, -0.05) is 20.8 Å². The molecule has 0 radical (unpaired) electrons. The van der Waals surface area contributed by atoms with Crippen molar-refractivity contribution < 1.29 is 8.42 Å². The maximum atomic E-state index is 11.8. The number of hydrogen-bond donors (Lipinski definition) is 2. The van der Waals surface area contributed by atoms with E-state index in [-0.39, 0.29) is 11.2 Å². The summed E-state index contributed by atoms with van der Waals surface area (Å²) >= 11 is 0. The lowest BCUT2D eigenvalue weighted by Crippen LogP contribution is -2.44. The van der Waals surface area contributed by atoms with Crippen molar-refractivity contribution in [3.05, 3.63) is 0 Å². The number of hydrogen-bond acceptors (Lipinski definition) is 4. The third-order valence-corrected chi connectivity index (χ3v) is 4.69. The fourth-order valence-corrected chi connectivity index (χ4v) is 3.46. The van der Waals surface area contributed by atoms with Gasteiger partial charge < -0.3 is 10.2 Å². The van der Waals surface area contributed by atoms with E-state index in [0.717, 1.165) is 39.1 Å². The Labute approximate surface area is 118 Å². The van der Waals surface area contributed by atoms with E-state index in [2.05, 4.69) is 35.7 Å². The highest BCUT2D eigenvalue weighted by Gasteiger charge is 2.17. The van der Waals surface area contributed by atoms with E-state index in [0.29, 0.717) is 13.0 Å². The van der Waals surface area contributed by atoms with Crippen LogP contribution in [0, 0.1) is 5.41 Å². The van der Waals surface area contributed by atoms with Crippen LogP contribution in [-0.2, 0) is 10.0 Å². The van der Waals surface area contributed by atoms with Crippen LogP contribution in [0.3, 0.4) is 0 Å². The van der Waals surface area contributed by atoms with Gasteiger partial charge in [0.25, 0.3) is 0 Å². The van der Waals surface area contributed by atoms with Gasteiger partial charge in [-0.25, -0.2) is 13.1 Å². The minimum absolute atomic E-state index is 0.0650. The molecule has 5 nitrogen and oxygen atoms in total. The SMILES string of the molecule is CC(C)(C)CCS(=O)(=O)NCCCN1CCNCC1. The highest BCUT2D eigenvalue weighted by Crippen LogP contribution is 2.18. The smallest absolute Gasteiger partial charge is 0.211 e. The van der Waals surface area contributed by atoms with Gasteiger partial charge in [0.2, 0.25) is 10.0 Å². The van der Waals surface area contributed by atoms with Gasteiger partial charge in [0.1, 0.15) is 0 Å². The van der Waals surface area contributed by atoms with Gasteiger partial charge in [0.15, 0.2) is 0 Å². The minimum Gasteiger partial charge on any atom is -0.314 e. The van der Waals surface area contributed by atoms with Crippen LogP contribution in [-0.4, -0.2) is 58.3 Å². The average molecular weight is 291 g/mol. The molecule has 0 aromatic heterocycles. The monoisotopic (exact) mass is 291 g/mol. The van der Waals surface area contributed by atoms with E-state index in [4.69, 9.17) is 0 Å². The van der Waals surface area contributed by atoms with Crippen molar-refractivity contribution in [1.29, 1.82) is 0 Å². The average Bonchev–Trinajstić information content (AvgIpc) is 2.33. The summed E-state index contributed by atoms with van der Waals surface area (Å²) in [5, 5.41) is 3.31. The van der Waals surface area contributed by atoms with Crippen molar-refractivity contribution in [1.82, 2.24) is 14.9 Å². The topological polar surface area (TPSA) is 61.4 Å². The molecule has 0 amide bonds. The molecule has 1 saturated heterocycles. The summed E-state index contributed by atoms with van der Waals surface area (Å²) in [7, 11) is -3.10. The van der Waals surface area contributed by atoms with Crippen LogP contribution < -0.4 is 10.0 Å². The maximum absolute atomic E-state index is 11.8. The first kappa shape index (κ1) is 16.9. The lowest BCUT2D eigenvalue weighted by molar-refractivity contribution is 0.239. The number of nitrogens with zero attached hydrogens (tertiary/aromatic N) is 1. The Balaban J connectivity index is 2.13. The molecule has 0 aromatic carbocycles. The molecule has 2 N–H and O–H groups in total. The summed E-state index contributed by atoms with van der Waals surface area (Å²) in [6.07, 6.45) is 1.58. The normalized spacial score (nSPS) is 18.7. The second-order valence-electron chi connectivity index (χ2n) is 6.47. The molecule has 0 unspecified atom stereocenters. The Morgan fingerprint density at radius 2 is 1.84 bits per heavy atom. The van der Waals surface area contributed by atoms with Crippen LogP contribution in [0.2, 0.25) is 0 Å². The molecule has 0 aromatic rings. The molecule has 1 aliphatic rings. The van der Waals surface area contributed by atoms with Crippen LogP contribution in [0.5, 0.6) is 0 Å². The zero-order valence-electron chi connectivity index (χ0n) is 12.5. The Morgan fingerprint density at radius 1 is 1.21 bits per heavy atom. The molecule has 0 spiro atoms. The van der Waals surface area contributed by atoms with Crippen LogP contribution in [0.15, 0.2) is 0 Å². The lowest BCUT2D eigenvalue weighted by Gasteiger charge is -2.27. The number of sulfonamides is 1. The number of rotatable bonds is 7. The van der Waals surface area contributed by atoms with Crippen LogP contribution >= 0.6 is 0 Å². The summed E-state index contributed by atoms with van der Waals surface area (Å²) in [6, 6.07) is 0. The molecular formula is C13H29N3O2S. The fraction of sp³-hybridized carbons (Fsp3) is 1.00. The van der Waals surface area contributed by atoms with E-state index in [1.54, 1.807) is 0 Å². The largest absolute Gasteiger partial charge is 0.314 e. The second-order valence-corrected chi connectivity index (χ2v) is 8.40. The van der Waals surface area contributed by atoms with Gasteiger partial charge in [-0.15, -0.1) is 0 Å². The predicted octanol–water partition coefficient (Wildman–Crippen LogP) is 0.637. The first-order valence-electron chi connectivity index (χ1n) is 7.19. The van der Waals surface area contributed by atoms with Crippen molar-refractivity contribution in [3.63, 3.8) is 0 Å². The van der Waals surface area contributed by atoms with Crippen LogP contribution in [0.4, 0.5) is 0 Å². The third-order valence-electron chi connectivity index (χ3n) is 3.30. The maximum Gasteiger partial charge on any atom is 0.211 e. The van der Waals surface area contributed by atoms with Crippen molar-refractivity contribution in [2.75, 3.05) is 45.0 Å². The van der Waals surface area contributed by atoms with E-state index in [1.165, 1.54) is 0 Å². The zero-order valence-corrected chi connectivity index (χ0v) is 13.4. The molecule has 1 aliphatic heterocycles. The van der Waals surface area contributed by atoms with Gasteiger partial charge in [0, 0.05) is 32.7 Å². The molecule has 114 valence electrons. The zero-order chi connectivity index (χ0) is 14.4. The molecule has 0 atom stereocenters. The fourth-order valence-electron chi connectivity index (χ4n) is 1.98. The van der Waals surface area contributed by atoms with Gasteiger partial charge in [-0.3, -0.25) is 0 Å². The summed E-state index contributed by atoms with van der Waals surface area (Å²) in [4.78, 5) is 2.37. The molecular weight excluding hydrogens is 262 g/mol. The molecule has 1 heterocycles. The molecule has 0 aliphatic carbocycles. The summed E-state index contributed by atoms with van der Waals surface area (Å²) in [5.41, 5.74) is 0.0650. The first-order chi connectivity index (χ1) is 8.79. The van der Waals surface area contributed by atoms with E-state index >= 15 is 0 Å². The molecule has 1 fully saturated rings. The summed E-state index contributed by atoms with van der Waals surface area (Å²) in [6.45, 7) is 11.9. The number of nitrogens with one attached hydrogen (secondary N) is 2. The van der Waals surface area contributed by atoms with Gasteiger partial charge in [0.05, 0.1) is 5.75 Å². The highest BCUT2D eigenvalue weighted by atomic mass is 32.2.